The van der Waals surface area contributed by atoms with E-state index in [0.29, 0.717) is 28.0 Å². The van der Waals surface area contributed by atoms with Crippen LogP contribution in [0.2, 0.25) is 0 Å². The zero-order valence-electron chi connectivity index (χ0n) is 15.3. The van der Waals surface area contributed by atoms with Gasteiger partial charge in [0.15, 0.2) is 6.61 Å². The summed E-state index contributed by atoms with van der Waals surface area (Å²) in [7, 11) is 1.18. The number of esters is 2. The molecule has 0 atom stereocenters. The Labute approximate surface area is 169 Å². The molecule has 0 saturated carbocycles. The van der Waals surface area contributed by atoms with E-state index in [0.717, 1.165) is 0 Å². The standard InChI is InChI=1S/C19H18F2N2O5S/c1-27-17(25)10-22-16(24)11-28-18(26)14-4-2-3-5-15(14)23-12-6-8-13(9-7-12)29-19(20)21/h2-9,19,23H,10-11H2,1H3,(H,22,24). The Morgan fingerprint density at radius 3 is 2.41 bits per heavy atom. The maximum atomic E-state index is 12.4. The number of carbonyl (C=O) groups excluding carboxylic acids is 3. The number of para-hydroxylation sites is 1. The van der Waals surface area contributed by atoms with Gasteiger partial charge in [-0.2, -0.15) is 8.78 Å². The number of hydrogen-bond donors (Lipinski definition) is 2. The average Bonchev–Trinajstić information content (AvgIpc) is 2.71. The number of methoxy groups -OCH3 is 1. The van der Waals surface area contributed by atoms with Crippen molar-refractivity contribution in [2.45, 2.75) is 10.7 Å². The Morgan fingerprint density at radius 2 is 1.76 bits per heavy atom. The molecular formula is C19H18F2N2O5S. The highest BCUT2D eigenvalue weighted by Gasteiger charge is 2.15. The van der Waals surface area contributed by atoms with Crippen molar-refractivity contribution in [1.29, 1.82) is 0 Å². The van der Waals surface area contributed by atoms with Gasteiger partial charge in [0.1, 0.15) is 6.54 Å². The SMILES string of the molecule is COC(=O)CNC(=O)COC(=O)c1ccccc1Nc1ccc(SC(F)F)cc1. The van der Waals surface area contributed by atoms with Crippen LogP contribution < -0.4 is 10.6 Å². The lowest BCUT2D eigenvalue weighted by Crippen LogP contribution is -2.33. The van der Waals surface area contributed by atoms with Crippen molar-refractivity contribution in [2.24, 2.45) is 0 Å². The molecule has 2 aromatic rings. The summed E-state index contributed by atoms with van der Waals surface area (Å²) in [5, 5.41) is 5.26. The number of ether oxygens (including phenoxy) is 2. The Bertz CT molecular complexity index is 862. The van der Waals surface area contributed by atoms with Crippen molar-refractivity contribution < 1.29 is 32.6 Å². The first-order valence-electron chi connectivity index (χ1n) is 8.30. The molecule has 0 bridgehead atoms. The highest BCUT2D eigenvalue weighted by molar-refractivity contribution is 7.99. The van der Waals surface area contributed by atoms with E-state index in [1.54, 1.807) is 30.3 Å². The zero-order chi connectivity index (χ0) is 21.2. The van der Waals surface area contributed by atoms with E-state index >= 15 is 0 Å². The minimum absolute atomic E-state index is 0.180. The fraction of sp³-hybridized carbons (Fsp3) is 0.211. The monoisotopic (exact) mass is 424 g/mol. The summed E-state index contributed by atoms with van der Waals surface area (Å²) >= 11 is 0.436. The first-order valence-corrected chi connectivity index (χ1v) is 9.18. The first kappa shape index (κ1) is 22.2. The maximum Gasteiger partial charge on any atom is 0.340 e. The van der Waals surface area contributed by atoms with Crippen molar-refractivity contribution in [3.8, 4) is 0 Å². The molecule has 7 nitrogen and oxygen atoms in total. The number of amides is 1. The van der Waals surface area contributed by atoms with Crippen LogP contribution in [-0.2, 0) is 19.1 Å². The van der Waals surface area contributed by atoms with Crippen LogP contribution in [0.15, 0.2) is 53.4 Å². The molecule has 0 radical (unpaired) electrons. The number of rotatable bonds is 9. The fourth-order valence-corrected chi connectivity index (χ4v) is 2.65. The number of hydrogen-bond acceptors (Lipinski definition) is 7. The van der Waals surface area contributed by atoms with E-state index in [1.807, 2.05) is 0 Å². The van der Waals surface area contributed by atoms with Gasteiger partial charge in [-0.15, -0.1) is 0 Å². The third-order valence-electron chi connectivity index (χ3n) is 3.50. The Hall–Kier alpha value is -3.14. The van der Waals surface area contributed by atoms with E-state index in [1.165, 1.54) is 25.3 Å². The molecule has 2 aromatic carbocycles. The molecule has 2 rings (SSSR count). The number of halogens is 2. The van der Waals surface area contributed by atoms with Crippen LogP contribution in [0.5, 0.6) is 0 Å². The molecule has 29 heavy (non-hydrogen) atoms. The van der Waals surface area contributed by atoms with Crippen molar-refractivity contribution in [2.75, 3.05) is 25.6 Å². The van der Waals surface area contributed by atoms with Crippen LogP contribution in [0.25, 0.3) is 0 Å². The summed E-state index contributed by atoms with van der Waals surface area (Å²) in [4.78, 5) is 35.3. The zero-order valence-corrected chi connectivity index (χ0v) is 16.1. The van der Waals surface area contributed by atoms with Gasteiger partial charge >= 0.3 is 11.9 Å². The molecule has 0 aliphatic rings. The second-order valence-electron chi connectivity index (χ2n) is 5.50. The maximum absolute atomic E-state index is 12.4. The highest BCUT2D eigenvalue weighted by atomic mass is 32.2. The lowest BCUT2D eigenvalue weighted by atomic mass is 10.1. The predicted octanol–water partition coefficient (Wildman–Crippen LogP) is 3.19. The van der Waals surface area contributed by atoms with Crippen LogP contribution in [0.1, 0.15) is 10.4 Å². The second-order valence-corrected chi connectivity index (χ2v) is 6.57. The minimum atomic E-state index is -2.51. The van der Waals surface area contributed by atoms with Crippen LogP contribution in [0.4, 0.5) is 20.2 Å². The molecule has 0 aromatic heterocycles. The number of alkyl halides is 2. The molecule has 1 amide bonds. The number of benzene rings is 2. The Balaban J connectivity index is 1.98. The number of anilines is 2. The molecule has 0 spiro atoms. The summed E-state index contributed by atoms with van der Waals surface area (Å²) in [5.41, 5.74) is 1.18. The summed E-state index contributed by atoms with van der Waals surface area (Å²) in [6.45, 7) is -0.894. The lowest BCUT2D eigenvalue weighted by molar-refractivity contribution is -0.141. The van der Waals surface area contributed by atoms with Gasteiger partial charge in [0.2, 0.25) is 0 Å². The second kappa shape index (κ2) is 11.0. The van der Waals surface area contributed by atoms with Gasteiger partial charge in [0.25, 0.3) is 11.7 Å². The fourth-order valence-electron chi connectivity index (χ4n) is 2.15. The predicted molar refractivity (Wildman–Crippen MR) is 103 cm³/mol. The molecule has 154 valence electrons. The average molecular weight is 424 g/mol. The molecule has 2 N–H and O–H groups in total. The summed E-state index contributed by atoms with van der Waals surface area (Å²) in [6, 6.07) is 12.7. The van der Waals surface area contributed by atoms with Crippen molar-refractivity contribution >= 4 is 41.0 Å². The third kappa shape index (κ3) is 7.41. The molecule has 0 fully saturated rings. The summed E-state index contributed by atoms with van der Waals surface area (Å²) in [5.74, 6) is -4.53. The van der Waals surface area contributed by atoms with Crippen LogP contribution in [-0.4, -0.2) is 43.9 Å². The van der Waals surface area contributed by atoms with Gasteiger partial charge in [-0.05, 0) is 36.4 Å². The normalized spacial score (nSPS) is 10.3. The molecule has 0 saturated heterocycles. The molecule has 0 aliphatic heterocycles. The highest BCUT2D eigenvalue weighted by Crippen LogP contribution is 2.28. The van der Waals surface area contributed by atoms with Gasteiger partial charge in [0, 0.05) is 10.6 Å². The van der Waals surface area contributed by atoms with E-state index < -0.39 is 30.2 Å². The molecule has 10 heteroatoms. The molecule has 0 heterocycles. The largest absolute Gasteiger partial charge is 0.468 e. The van der Waals surface area contributed by atoms with Gasteiger partial charge in [-0.25, -0.2) is 4.79 Å². The van der Waals surface area contributed by atoms with Crippen LogP contribution in [0, 0.1) is 0 Å². The quantitative estimate of drug-likeness (QED) is 0.472. The number of nitrogens with one attached hydrogen (secondary N) is 2. The number of thioether (sulfide) groups is 1. The Morgan fingerprint density at radius 1 is 1.07 bits per heavy atom. The van der Waals surface area contributed by atoms with E-state index in [4.69, 9.17) is 4.74 Å². The van der Waals surface area contributed by atoms with E-state index in [9.17, 15) is 23.2 Å². The molecule has 0 aliphatic carbocycles. The van der Waals surface area contributed by atoms with E-state index in [2.05, 4.69) is 15.4 Å². The Kier molecular flexibility index (Phi) is 8.41. The van der Waals surface area contributed by atoms with E-state index in [-0.39, 0.29) is 12.1 Å². The molecular weight excluding hydrogens is 406 g/mol. The van der Waals surface area contributed by atoms with Crippen molar-refractivity contribution in [3.63, 3.8) is 0 Å². The van der Waals surface area contributed by atoms with Gasteiger partial charge in [-0.3, -0.25) is 9.59 Å². The van der Waals surface area contributed by atoms with Crippen molar-refractivity contribution in [3.05, 3.63) is 54.1 Å². The minimum Gasteiger partial charge on any atom is -0.468 e. The smallest absolute Gasteiger partial charge is 0.340 e. The van der Waals surface area contributed by atoms with Gasteiger partial charge in [0.05, 0.1) is 18.4 Å². The van der Waals surface area contributed by atoms with Gasteiger partial charge < -0.3 is 20.1 Å². The van der Waals surface area contributed by atoms with Crippen LogP contribution in [0.3, 0.4) is 0 Å². The third-order valence-corrected chi connectivity index (χ3v) is 4.22. The molecule has 0 unspecified atom stereocenters. The van der Waals surface area contributed by atoms with Gasteiger partial charge in [-0.1, -0.05) is 23.9 Å². The summed E-state index contributed by atoms with van der Waals surface area (Å²) in [6.07, 6.45) is 0. The first-order chi connectivity index (χ1) is 13.9. The van der Waals surface area contributed by atoms with Crippen LogP contribution >= 0.6 is 11.8 Å². The number of carbonyl (C=O) groups is 3. The van der Waals surface area contributed by atoms with Crippen molar-refractivity contribution in [1.82, 2.24) is 5.32 Å². The topological polar surface area (TPSA) is 93.7 Å². The summed E-state index contributed by atoms with van der Waals surface area (Å²) < 4.78 is 34.1. The lowest BCUT2D eigenvalue weighted by Gasteiger charge is -2.12.